The average Bonchev–Trinajstić information content (AvgIpc) is 3.04. The Bertz CT molecular complexity index is 903. The molecule has 3 rings (SSSR count). The largest absolute Gasteiger partial charge is 0.497 e. The van der Waals surface area contributed by atoms with E-state index in [0.29, 0.717) is 4.90 Å². The van der Waals surface area contributed by atoms with Crippen LogP contribution in [-0.4, -0.2) is 32.2 Å². The number of rotatable bonds is 6. The Morgan fingerprint density at radius 3 is 2.50 bits per heavy atom. The van der Waals surface area contributed by atoms with Crippen molar-refractivity contribution in [2.45, 2.75) is 50.2 Å². The maximum atomic E-state index is 11.8. The van der Waals surface area contributed by atoms with E-state index in [1.165, 1.54) is 17.4 Å². The Labute approximate surface area is 156 Å². The maximum Gasteiger partial charge on any atom is 0.175 e. The van der Waals surface area contributed by atoms with Gasteiger partial charge in [-0.25, -0.2) is 8.42 Å². The van der Waals surface area contributed by atoms with Crippen LogP contribution in [0.1, 0.15) is 37.0 Å². The van der Waals surface area contributed by atoms with E-state index in [-0.39, 0.29) is 5.54 Å². The highest BCUT2D eigenvalue weighted by atomic mass is 32.2. The lowest BCUT2D eigenvalue weighted by Crippen LogP contribution is -2.40. The number of hydrogen-bond acceptors (Lipinski definition) is 4. The van der Waals surface area contributed by atoms with E-state index >= 15 is 0 Å². The molecule has 0 bridgehead atoms. The summed E-state index contributed by atoms with van der Waals surface area (Å²) < 4.78 is 28.9. The first kappa shape index (κ1) is 18.9. The maximum absolute atomic E-state index is 11.8. The van der Waals surface area contributed by atoms with Gasteiger partial charge < -0.3 is 4.74 Å². The van der Waals surface area contributed by atoms with Crippen LogP contribution in [0.25, 0.3) is 0 Å². The molecule has 0 atom stereocenters. The van der Waals surface area contributed by atoms with Gasteiger partial charge in [-0.2, -0.15) is 0 Å². The van der Waals surface area contributed by atoms with E-state index < -0.39 is 9.84 Å². The van der Waals surface area contributed by atoms with Gasteiger partial charge in [0, 0.05) is 24.9 Å². The fourth-order valence-corrected chi connectivity index (χ4v) is 4.14. The third kappa shape index (κ3) is 4.10. The van der Waals surface area contributed by atoms with Crippen LogP contribution in [-0.2, 0) is 29.3 Å². The van der Waals surface area contributed by atoms with Crippen LogP contribution < -0.4 is 4.74 Å². The fourth-order valence-electron chi connectivity index (χ4n) is 3.47. The molecule has 0 aromatic heterocycles. The Morgan fingerprint density at radius 2 is 1.81 bits per heavy atom. The van der Waals surface area contributed by atoms with E-state index in [2.05, 4.69) is 30.9 Å². The summed E-state index contributed by atoms with van der Waals surface area (Å²) in [7, 11) is -1.47. The lowest BCUT2D eigenvalue weighted by atomic mass is 9.93. The summed E-state index contributed by atoms with van der Waals surface area (Å²) in [5.74, 6) is 0.891. The zero-order valence-corrected chi connectivity index (χ0v) is 16.8. The number of ether oxygens (including phenoxy) is 1. The van der Waals surface area contributed by atoms with Gasteiger partial charge in [0.2, 0.25) is 0 Å². The van der Waals surface area contributed by atoms with Crippen LogP contribution in [0, 0.1) is 0 Å². The van der Waals surface area contributed by atoms with Crippen LogP contribution in [0.3, 0.4) is 0 Å². The van der Waals surface area contributed by atoms with Crippen molar-refractivity contribution in [2.24, 2.45) is 0 Å². The second-order valence-electron chi connectivity index (χ2n) is 7.72. The fraction of sp³-hybridized carbons (Fsp3) is 0.429. The molecular formula is C21H27NO3S. The number of nitrogens with zero attached hydrogens (tertiary/aromatic N) is 1. The van der Waals surface area contributed by atoms with Crippen molar-refractivity contribution in [1.82, 2.24) is 4.90 Å². The third-order valence-corrected chi connectivity index (χ3v) is 6.45. The van der Waals surface area contributed by atoms with Gasteiger partial charge in [0.25, 0.3) is 0 Å². The number of methoxy groups -OCH3 is 1. The Hall–Kier alpha value is -1.85. The first-order valence-corrected chi connectivity index (χ1v) is 10.8. The number of hydrogen-bond donors (Lipinski definition) is 0. The van der Waals surface area contributed by atoms with Crippen molar-refractivity contribution in [3.63, 3.8) is 0 Å². The molecule has 2 aromatic rings. The smallest absolute Gasteiger partial charge is 0.175 e. The SMILES string of the molecule is COc1cccc(CCC(C)(C)N2Cc3ccc(S(C)(=O)=O)cc3C2)c1. The van der Waals surface area contributed by atoms with Crippen LogP contribution in [0.4, 0.5) is 0 Å². The molecule has 26 heavy (non-hydrogen) atoms. The van der Waals surface area contributed by atoms with E-state index in [1.807, 2.05) is 24.3 Å². The minimum absolute atomic E-state index is 0.0212. The second-order valence-corrected chi connectivity index (χ2v) is 9.74. The number of sulfone groups is 1. The third-order valence-electron chi connectivity index (χ3n) is 5.34. The van der Waals surface area contributed by atoms with E-state index in [0.717, 1.165) is 37.2 Å². The quantitative estimate of drug-likeness (QED) is 0.772. The summed E-state index contributed by atoms with van der Waals surface area (Å²) >= 11 is 0. The highest BCUT2D eigenvalue weighted by Gasteiger charge is 2.32. The lowest BCUT2D eigenvalue weighted by molar-refractivity contribution is 0.109. The van der Waals surface area contributed by atoms with Crippen LogP contribution in [0.2, 0.25) is 0 Å². The zero-order valence-electron chi connectivity index (χ0n) is 16.0. The molecule has 2 aromatic carbocycles. The molecule has 0 radical (unpaired) electrons. The molecule has 0 spiro atoms. The average molecular weight is 374 g/mol. The monoisotopic (exact) mass is 373 g/mol. The van der Waals surface area contributed by atoms with Crippen molar-refractivity contribution < 1.29 is 13.2 Å². The predicted molar refractivity (Wildman–Crippen MR) is 104 cm³/mol. The van der Waals surface area contributed by atoms with Crippen LogP contribution in [0.5, 0.6) is 5.75 Å². The summed E-state index contributed by atoms with van der Waals surface area (Å²) in [6, 6.07) is 13.7. The molecule has 0 saturated heterocycles. The zero-order chi connectivity index (χ0) is 18.9. The minimum Gasteiger partial charge on any atom is -0.497 e. The first-order chi connectivity index (χ1) is 12.2. The molecule has 5 heteroatoms. The molecule has 4 nitrogen and oxygen atoms in total. The van der Waals surface area contributed by atoms with Gasteiger partial charge >= 0.3 is 0 Å². The number of aryl methyl sites for hydroxylation is 1. The number of benzene rings is 2. The molecule has 1 heterocycles. The standard InChI is InChI=1S/C21H27NO3S/c1-21(2,11-10-16-6-5-7-19(12-16)25-3)22-14-17-8-9-20(26(4,23)24)13-18(17)15-22/h5-9,12-13H,10-11,14-15H2,1-4H3. The van der Waals surface area contributed by atoms with Crippen molar-refractivity contribution in [1.29, 1.82) is 0 Å². The number of fused-ring (bicyclic) bond motifs is 1. The van der Waals surface area contributed by atoms with Crippen molar-refractivity contribution in [2.75, 3.05) is 13.4 Å². The molecule has 140 valence electrons. The molecule has 1 aliphatic heterocycles. The molecule has 0 aliphatic carbocycles. The summed E-state index contributed by atoms with van der Waals surface area (Å²) in [5.41, 5.74) is 3.65. The first-order valence-electron chi connectivity index (χ1n) is 8.89. The molecule has 0 amide bonds. The molecular weight excluding hydrogens is 346 g/mol. The van der Waals surface area contributed by atoms with Crippen molar-refractivity contribution >= 4 is 9.84 Å². The predicted octanol–water partition coefficient (Wildman–Crippen LogP) is 3.83. The van der Waals surface area contributed by atoms with E-state index in [9.17, 15) is 8.42 Å². The van der Waals surface area contributed by atoms with Gasteiger partial charge in [-0.3, -0.25) is 4.90 Å². The van der Waals surface area contributed by atoms with E-state index in [4.69, 9.17) is 4.74 Å². The Kier molecular flexibility index (Phi) is 5.13. The summed E-state index contributed by atoms with van der Waals surface area (Å²) in [4.78, 5) is 2.84. The van der Waals surface area contributed by atoms with Gasteiger partial charge in [-0.05, 0) is 67.6 Å². The molecule has 0 saturated carbocycles. The molecule has 0 fully saturated rings. The van der Waals surface area contributed by atoms with Crippen LogP contribution >= 0.6 is 0 Å². The topological polar surface area (TPSA) is 46.6 Å². The molecule has 0 unspecified atom stereocenters. The van der Waals surface area contributed by atoms with Crippen molar-refractivity contribution in [3.8, 4) is 5.75 Å². The van der Waals surface area contributed by atoms with Crippen molar-refractivity contribution in [3.05, 3.63) is 59.2 Å². The summed E-state index contributed by atoms with van der Waals surface area (Å²) in [5, 5.41) is 0. The highest BCUT2D eigenvalue weighted by molar-refractivity contribution is 7.90. The normalized spacial score (nSPS) is 15.1. The second kappa shape index (κ2) is 7.05. The van der Waals surface area contributed by atoms with Crippen LogP contribution in [0.15, 0.2) is 47.4 Å². The van der Waals surface area contributed by atoms with Gasteiger partial charge in [0.05, 0.1) is 12.0 Å². The molecule has 1 aliphatic rings. The van der Waals surface area contributed by atoms with Gasteiger partial charge in [-0.1, -0.05) is 18.2 Å². The minimum atomic E-state index is -3.16. The molecule has 0 N–H and O–H groups in total. The summed E-state index contributed by atoms with van der Waals surface area (Å²) in [6.07, 6.45) is 3.26. The van der Waals surface area contributed by atoms with Gasteiger partial charge in [0.15, 0.2) is 9.84 Å². The van der Waals surface area contributed by atoms with Gasteiger partial charge in [-0.15, -0.1) is 0 Å². The summed E-state index contributed by atoms with van der Waals surface area (Å²) in [6.45, 7) is 6.18. The Balaban J connectivity index is 1.70. The van der Waals surface area contributed by atoms with E-state index in [1.54, 1.807) is 13.2 Å². The highest BCUT2D eigenvalue weighted by Crippen LogP contribution is 2.33. The Morgan fingerprint density at radius 1 is 1.08 bits per heavy atom. The lowest BCUT2D eigenvalue weighted by Gasteiger charge is -2.35. The van der Waals surface area contributed by atoms with Gasteiger partial charge in [0.1, 0.15) is 5.75 Å².